The molecule has 0 saturated heterocycles. The molecule has 0 amide bonds. The van der Waals surface area contributed by atoms with E-state index in [9.17, 15) is 9.18 Å². The van der Waals surface area contributed by atoms with Gasteiger partial charge in [-0.2, -0.15) is 4.98 Å². The van der Waals surface area contributed by atoms with Crippen molar-refractivity contribution < 1.29 is 8.91 Å². The summed E-state index contributed by atoms with van der Waals surface area (Å²) in [5.74, 6) is 1.13. The molecule has 0 unspecified atom stereocenters. The number of rotatable bonds is 4. The second-order valence-corrected chi connectivity index (χ2v) is 7.60. The molecule has 0 spiro atoms. The lowest BCUT2D eigenvalue weighted by atomic mass is 10.2. The molecule has 0 bridgehead atoms. The Morgan fingerprint density at radius 3 is 2.93 bits per heavy atom. The summed E-state index contributed by atoms with van der Waals surface area (Å²) < 4.78 is 21.9. The molecule has 1 aromatic carbocycles. The van der Waals surface area contributed by atoms with E-state index in [4.69, 9.17) is 4.52 Å². The molecule has 9 nitrogen and oxygen atoms in total. The van der Waals surface area contributed by atoms with Crippen molar-refractivity contribution in [3.63, 3.8) is 0 Å². The van der Waals surface area contributed by atoms with E-state index in [1.54, 1.807) is 24.0 Å². The minimum absolute atomic E-state index is 0.113. The Labute approximate surface area is 169 Å². The second-order valence-electron chi connectivity index (χ2n) is 7.60. The molecule has 0 radical (unpaired) electrons. The Kier molecular flexibility index (Phi) is 3.46. The van der Waals surface area contributed by atoms with Gasteiger partial charge in [0.25, 0.3) is 5.56 Å². The third-order valence-corrected chi connectivity index (χ3v) is 5.69. The highest BCUT2D eigenvalue weighted by Crippen LogP contribution is 2.56. The molecule has 1 fully saturated rings. The van der Waals surface area contributed by atoms with Crippen LogP contribution in [0.4, 0.5) is 10.1 Å². The summed E-state index contributed by atoms with van der Waals surface area (Å²) in [5, 5.41) is 4.11. The maximum atomic E-state index is 13.5. The molecule has 0 N–H and O–H groups in total. The number of hydrogen-bond acceptors (Lipinski definition) is 7. The number of imidazole rings is 1. The smallest absolute Gasteiger partial charge is 0.280 e. The number of hydrogen-bond donors (Lipinski definition) is 0. The van der Waals surface area contributed by atoms with E-state index < -0.39 is 0 Å². The summed E-state index contributed by atoms with van der Waals surface area (Å²) in [6.45, 7) is 0.902. The molecule has 4 aromatic rings. The Bertz CT molecular complexity index is 1390. The van der Waals surface area contributed by atoms with Crippen LogP contribution in [0, 0.1) is 11.7 Å². The zero-order valence-corrected chi connectivity index (χ0v) is 15.9. The maximum absolute atomic E-state index is 13.5. The summed E-state index contributed by atoms with van der Waals surface area (Å²) in [4.78, 5) is 27.5. The van der Waals surface area contributed by atoms with Crippen molar-refractivity contribution in [2.24, 2.45) is 13.0 Å². The van der Waals surface area contributed by atoms with Crippen LogP contribution < -0.4 is 10.5 Å². The van der Waals surface area contributed by atoms with Crippen molar-refractivity contribution in [3.8, 4) is 0 Å². The van der Waals surface area contributed by atoms with Gasteiger partial charge in [-0.3, -0.25) is 9.36 Å². The molecule has 4 heterocycles. The lowest BCUT2D eigenvalue weighted by Crippen LogP contribution is -2.22. The van der Waals surface area contributed by atoms with E-state index in [1.807, 2.05) is 17.2 Å². The van der Waals surface area contributed by atoms with E-state index in [2.05, 4.69) is 20.1 Å². The molecule has 150 valence electrons. The number of fused-ring (bicyclic) bond motifs is 2. The minimum Gasteiger partial charge on any atom is -0.347 e. The summed E-state index contributed by atoms with van der Waals surface area (Å²) in [5.41, 5.74) is 2.67. The van der Waals surface area contributed by atoms with Gasteiger partial charge in [-0.15, -0.1) is 0 Å². The molecule has 3 aromatic heterocycles. The van der Waals surface area contributed by atoms with Gasteiger partial charge in [0, 0.05) is 31.4 Å². The van der Waals surface area contributed by atoms with Crippen LogP contribution in [0.25, 0.3) is 11.2 Å². The van der Waals surface area contributed by atoms with Crippen LogP contribution in [-0.4, -0.2) is 35.8 Å². The third-order valence-electron chi connectivity index (χ3n) is 5.69. The van der Waals surface area contributed by atoms with Crippen LogP contribution in [-0.2, 0) is 13.6 Å². The van der Waals surface area contributed by atoms with E-state index in [-0.39, 0.29) is 23.8 Å². The second kappa shape index (κ2) is 6.09. The first kappa shape index (κ1) is 17.1. The maximum Gasteiger partial charge on any atom is 0.280 e. The number of aromatic nitrogens is 6. The molecular formula is C20H16FN7O2. The number of aryl methyl sites for hydroxylation is 1. The monoisotopic (exact) mass is 405 g/mol. The topological polar surface area (TPSA) is 94.9 Å². The third kappa shape index (κ3) is 2.56. The molecule has 1 saturated carbocycles. The van der Waals surface area contributed by atoms with Gasteiger partial charge in [0.05, 0.1) is 12.2 Å². The fourth-order valence-corrected chi connectivity index (χ4v) is 4.12. The molecule has 1 aliphatic heterocycles. The number of nitrogens with zero attached hydrogens (tertiary/aromatic N) is 7. The molecular weight excluding hydrogens is 389 g/mol. The van der Waals surface area contributed by atoms with Crippen molar-refractivity contribution in [3.05, 3.63) is 76.6 Å². The van der Waals surface area contributed by atoms with Crippen molar-refractivity contribution in [2.75, 3.05) is 11.4 Å². The zero-order chi connectivity index (χ0) is 20.4. The van der Waals surface area contributed by atoms with Gasteiger partial charge in [0.1, 0.15) is 18.7 Å². The Hall–Kier alpha value is -3.82. The first-order chi connectivity index (χ1) is 14.6. The molecule has 30 heavy (non-hydrogen) atoms. The van der Waals surface area contributed by atoms with Gasteiger partial charge >= 0.3 is 0 Å². The molecule has 10 heteroatoms. The Balaban J connectivity index is 1.21. The summed E-state index contributed by atoms with van der Waals surface area (Å²) in [7, 11) is 1.75. The largest absolute Gasteiger partial charge is 0.347 e. The molecule has 6 rings (SSSR count). The SMILES string of the molecule is Cn1cnc2ncn(Cc3nc([C@@H]4C5=CN(c6cccc(F)c6)C[C@H]54)no3)c(=O)c21. The van der Waals surface area contributed by atoms with E-state index >= 15 is 0 Å². The van der Waals surface area contributed by atoms with Crippen molar-refractivity contribution in [2.45, 2.75) is 12.5 Å². The van der Waals surface area contributed by atoms with E-state index in [1.165, 1.54) is 28.6 Å². The average molecular weight is 405 g/mol. The summed E-state index contributed by atoms with van der Waals surface area (Å²) >= 11 is 0. The Morgan fingerprint density at radius 2 is 2.13 bits per heavy atom. The lowest BCUT2D eigenvalue weighted by molar-refractivity contribution is 0.364. The van der Waals surface area contributed by atoms with Crippen molar-refractivity contribution in [1.82, 2.24) is 29.2 Å². The van der Waals surface area contributed by atoms with Gasteiger partial charge in [-0.05, 0) is 23.8 Å². The van der Waals surface area contributed by atoms with Gasteiger partial charge in [0.15, 0.2) is 17.0 Å². The normalized spacial score (nSPS) is 19.9. The quantitative estimate of drug-likeness (QED) is 0.511. The van der Waals surface area contributed by atoms with Gasteiger partial charge in [-0.1, -0.05) is 11.2 Å². The first-order valence-corrected chi connectivity index (χ1v) is 9.51. The predicted octanol–water partition coefficient (Wildman–Crippen LogP) is 1.82. The number of anilines is 1. The first-order valence-electron chi connectivity index (χ1n) is 9.51. The van der Waals surface area contributed by atoms with Crippen LogP contribution in [0.3, 0.4) is 0 Å². The van der Waals surface area contributed by atoms with Crippen molar-refractivity contribution in [1.29, 1.82) is 0 Å². The predicted molar refractivity (Wildman–Crippen MR) is 104 cm³/mol. The molecule has 2 atom stereocenters. The van der Waals surface area contributed by atoms with Crippen molar-refractivity contribution >= 4 is 16.9 Å². The standard InChI is InChI=1S/C20H16FN7O2/c1-26-9-22-19-17(26)20(29)28(10-23-19)8-15-24-18(25-30-15)16-13-6-27(7-14(13)16)12-4-2-3-11(21)5-12/h2-6,9-10,14,16H,7-8H2,1H3/t14-,16-/m1/s1. The van der Waals surface area contributed by atoms with E-state index in [0.717, 1.165) is 12.2 Å². The fourth-order valence-electron chi connectivity index (χ4n) is 4.12. The highest BCUT2D eigenvalue weighted by Gasteiger charge is 2.52. The number of halogens is 1. The minimum atomic E-state index is -0.250. The van der Waals surface area contributed by atoms with Crippen LogP contribution in [0.1, 0.15) is 17.6 Å². The van der Waals surface area contributed by atoms with Gasteiger partial charge in [-0.25, -0.2) is 14.4 Å². The van der Waals surface area contributed by atoms with Crippen LogP contribution in [0.5, 0.6) is 0 Å². The van der Waals surface area contributed by atoms with Crippen LogP contribution in [0.2, 0.25) is 0 Å². The van der Waals surface area contributed by atoms with Crippen LogP contribution >= 0.6 is 0 Å². The van der Waals surface area contributed by atoms with E-state index in [0.29, 0.717) is 28.8 Å². The summed E-state index contributed by atoms with van der Waals surface area (Å²) in [6, 6.07) is 6.55. The Morgan fingerprint density at radius 1 is 1.27 bits per heavy atom. The highest BCUT2D eigenvalue weighted by molar-refractivity contribution is 5.68. The molecule has 1 aliphatic carbocycles. The highest BCUT2D eigenvalue weighted by atomic mass is 19.1. The van der Waals surface area contributed by atoms with Crippen LogP contribution in [0.15, 0.2) is 58.0 Å². The molecule has 2 aliphatic rings. The number of benzene rings is 1. The van der Waals surface area contributed by atoms with Gasteiger partial charge < -0.3 is 14.0 Å². The average Bonchev–Trinajstić information content (AvgIpc) is 3.16. The lowest BCUT2D eigenvalue weighted by Gasteiger charge is -2.18. The van der Waals surface area contributed by atoms with Gasteiger partial charge in [0.2, 0.25) is 5.89 Å². The zero-order valence-electron chi connectivity index (χ0n) is 15.9. The fraction of sp³-hybridized carbons (Fsp3) is 0.250. The summed E-state index contributed by atoms with van der Waals surface area (Å²) in [6.07, 6.45) is 5.03.